The van der Waals surface area contributed by atoms with Gasteiger partial charge in [-0.1, -0.05) is 6.07 Å². The average Bonchev–Trinajstić information content (AvgIpc) is 2.44. The number of nitrogens with one attached hydrogen (secondary N) is 2. The van der Waals surface area contributed by atoms with Crippen molar-refractivity contribution in [2.24, 2.45) is 0 Å². The van der Waals surface area contributed by atoms with Crippen molar-refractivity contribution in [3.05, 3.63) is 46.0 Å². The fourth-order valence-corrected chi connectivity index (χ4v) is 1.81. The maximum Gasteiger partial charge on any atom is 0.353 e. The van der Waals surface area contributed by atoms with Gasteiger partial charge < -0.3 is 10.6 Å². The van der Waals surface area contributed by atoms with Gasteiger partial charge in [0.05, 0.1) is 4.92 Å². The number of nitrogens with zero attached hydrogens (tertiary/aromatic N) is 3. The Morgan fingerprint density at radius 3 is 2.71 bits per heavy atom. The molecular weight excluding hydrogens is 277 g/mol. The lowest BCUT2D eigenvalue weighted by molar-refractivity contribution is -0.383. The Hall–Kier alpha value is -2.77. The first-order chi connectivity index (χ1) is 10.0. The first kappa shape index (κ1) is 14.6. The molecular formula is C13H14FN5O2. The second-order valence-corrected chi connectivity index (χ2v) is 4.24. The molecule has 1 heterocycles. The third-order valence-corrected chi connectivity index (χ3v) is 2.87. The number of hydrogen-bond acceptors (Lipinski definition) is 6. The van der Waals surface area contributed by atoms with E-state index in [0.717, 1.165) is 0 Å². The monoisotopic (exact) mass is 291 g/mol. The third kappa shape index (κ3) is 3.04. The van der Waals surface area contributed by atoms with Crippen LogP contribution in [0.5, 0.6) is 0 Å². The van der Waals surface area contributed by atoms with Crippen molar-refractivity contribution in [3.63, 3.8) is 0 Å². The summed E-state index contributed by atoms with van der Waals surface area (Å²) in [5, 5.41) is 16.8. The number of benzene rings is 1. The van der Waals surface area contributed by atoms with Gasteiger partial charge in [-0.3, -0.25) is 10.1 Å². The number of anilines is 3. The van der Waals surface area contributed by atoms with Crippen LogP contribution >= 0.6 is 0 Å². The zero-order valence-electron chi connectivity index (χ0n) is 11.6. The van der Waals surface area contributed by atoms with Crippen LogP contribution in [0.15, 0.2) is 24.5 Å². The minimum absolute atomic E-state index is 0.0136. The van der Waals surface area contributed by atoms with Gasteiger partial charge in [0, 0.05) is 17.8 Å². The largest absolute Gasteiger partial charge is 0.364 e. The Bertz CT molecular complexity index is 678. The zero-order valence-corrected chi connectivity index (χ0v) is 11.6. The van der Waals surface area contributed by atoms with Crippen molar-refractivity contribution in [1.29, 1.82) is 0 Å². The van der Waals surface area contributed by atoms with E-state index in [1.165, 1.54) is 18.5 Å². The van der Waals surface area contributed by atoms with E-state index in [1.807, 2.05) is 0 Å². The van der Waals surface area contributed by atoms with E-state index in [9.17, 15) is 14.5 Å². The molecule has 2 aromatic rings. The Kier molecular flexibility index (Phi) is 4.27. The van der Waals surface area contributed by atoms with Crippen LogP contribution in [0.1, 0.15) is 12.5 Å². The molecule has 2 rings (SSSR count). The maximum atomic E-state index is 13.5. The number of nitro groups is 1. The molecule has 0 fully saturated rings. The molecule has 0 aliphatic rings. The molecule has 0 saturated carbocycles. The van der Waals surface area contributed by atoms with E-state index in [1.54, 1.807) is 19.9 Å². The summed E-state index contributed by atoms with van der Waals surface area (Å²) in [7, 11) is 0. The van der Waals surface area contributed by atoms with Crippen LogP contribution < -0.4 is 10.6 Å². The number of rotatable bonds is 5. The van der Waals surface area contributed by atoms with Gasteiger partial charge in [-0.2, -0.15) is 0 Å². The molecule has 0 saturated heterocycles. The summed E-state index contributed by atoms with van der Waals surface area (Å²) in [4.78, 5) is 18.4. The molecule has 0 atom stereocenters. The van der Waals surface area contributed by atoms with Gasteiger partial charge in [0.25, 0.3) is 0 Å². The van der Waals surface area contributed by atoms with Crippen LogP contribution in [0.3, 0.4) is 0 Å². The van der Waals surface area contributed by atoms with E-state index in [2.05, 4.69) is 20.6 Å². The first-order valence-electron chi connectivity index (χ1n) is 6.30. The van der Waals surface area contributed by atoms with Gasteiger partial charge in [0.1, 0.15) is 12.1 Å². The van der Waals surface area contributed by atoms with Crippen molar-refractivity contribution in [2.45, 2.75) is 13.8 Å². The summed E-state index contributed by atoms with van der Waals surface area (Å²) in [6, 6.07) is 4.46. The van der Waals surface area contributed by atoms with Gasteiger partial charge in [0.2, 0.25) is 11.6 Å². The van der Waals surface area contributed by atoms with Crippen LogP contribution in [0, 0.1) is 22.9 Å². The van der Waals surface area contributed by atoms with Crippen LogP contribution in [0.4, 0.5) is 27.4 Å². The minimum Gasteiger partial charge on any atom is -0.364 e. The molecule has 110 valence electrons. The summed E-state index contributed by atoms with van der Waals surface area (Å²) in [5.74, 6) is -0.266. The van der Waals surface area contributed by atoms with Crippen LogP contribution in [0.25, 0.3) is 0 Å². The quantitative estimate of drug-likeness (QED) is 0.649. The highest BCUT2D eigenvalue weighted by molar-refractivity contribution is 5.74. The molecule has 21 heavy (non-hydrogen) atoms. The van der Waals surface area contributed by atoms with E-state index >= 15 is 0 Å². The third-order valence-electron chi connectivity index (χ3n) is 2.87. The number of halogens is 1. The zero-order chi connectivity index (χ0) is 15.4. The molecule has 1 aromatic carbocycles. The summed E-state index contributed by atoms with van der Waals surface area (Å²) >= 11 is 0. The smallest absolute Gasteiger partial charge is 0.353 e. The van der Waals surface area contributed by atoms with Gasteiger partial charge >= 0.3 is 5.69 Å². The summed E-state index contributed by atoms with van der Waals surface area (Å²) in [6.45, 7) is 3.86. The highest BCUT2D eigenvalue weighted by Gasteiger charge is 2.23. The Morgan fingerprint density at radius 1 is 1.33 bits per heavy atom. The van der Waals surface area contributed by atoms with Gasteiger partial charge in [-0.25, -0.2) is 14.4 Å². The number of hydrogen-bond donors (Lipinski definition) is 2. The van der Waals surface area contributed by atoms with Crippen molar-refractivity contribution in [1.82, 2.24) is 9.97 Å². The molecule has 0 spiro atoms. The van der Waals surface area contributed by atoms with Crippen molar-refractivity contribution in [3.8, 4) is 0 Å². The lowest BCUT2D eigenvalue weighted by Crippen LogP contribution is -2.08. The fourth-order valence-electron chi connectivity index (χ4n) is 1.81. The van der Waals surface area contributed by atoms with Gasteiger partial charge in [-0.05, 0) is 26.0 Å². The molecule has 7 nitrogen and oxygen atoms in total. The lowest BCUT2D eigenvalue weighted by atomic mass is 10.2. The fraction of sp³-hybridized carbons (Fsp3) is 0.231. The molecule has 0 aliphatic heterocycles. The summed E-state index contributed by atoms with van der Waals surface area (Å²) in [5.41, 5.74) is 0.498. The Balaban J connectivity index is 2.46. The topological polar surface area (TPSA) is 93.0 Å². The molecule has 8 heteroatoms. The molecule has 0 aliphatic carbocycles. The van der Waals surface area contributed by atoms with Crippen molar-refractivity contribution < 1.29 is 9.31 Å². The second kappa shape index (κ2) is 6.12. The predicted octanol–water partition coefficient (Wildman–Crippen LogP) is 3.01. The van der Waals surface area contributed by atoms with Gasteiger partial charge in [-0.15, -0.1) is 0 Å². The molecule has 0 radical (unpaired) electrons. The summed E-state index contributed by atoms with van der Waals surface area (Å²) in [6.07, 6.45) is 1.21. The van der Waals surface area contributed by atoms with Crippen molar-refractivity contribution in [2.75, 3.05) is 17.2 Å². The molecule has 2 N–H and O–H groups in total. The van der Waals surface area contributed by atoms with Gasteiger partial charge in [0.15, 0.2) is 0 Å². The van der Waals surface area contributed by atoms with Crippen molar-refractivity contribution >= 4 is 23.0 Å². The van der Waals surface area contributed by atoms with Crippen LogP contribution in [-0.4, -0.2) is 21.4 Å². The van der Waals surface area contributed by atoms with Crippen LogP contribution in [-0.2, 0) is 0 Å². The van der Waals surface area contributed by atoms with E-state index < -0.39 is 10.7 Å². The van der Waals surface area contributed by atoms with E-state index in [0.29, 0.717) is 17.8 Å². The molecule has 0 bridgehead atoms. The highest BCUT2D eigenvalue weighted by Crippen LogP contribution is 2.32. The Morgan fingerprint density at radius 2 is 2.05 bits per heavy atom. The average molecular weight is 291 g/mol. The first-order valence-corrected chi connectivity index (χ1v) is 6.30. The minimum atomic E-state index is -0.574. The van der Waals surface area contributed by atoms with E-state index in [4.69, 9.17) is 0 Å². The second-order valence-electron chi connectivity index (χ2n) is 4.24. The standard InChI is InChI=1S/C13H14FN5O2/c1-3-15-12-11(19(20)21)13(17-7-16-12)18-10-6-4-5-9(14)8(10)2/h4-7H,3H2,1-2H3,(H2,15,16,17,18). The molecule has 0 unspecified atom stereocenters. The predicted molar refractivity (Wildman–Crippen MR) is 77.3 cm³/mol. The van der Waals surface area contributed by atoms with Crippen LogP contribution in [0.2, 0.25) is 0 Å². The normalized spacial score (nSPS) is 10.2. The molecule has 1 aromatic heterocycles. The highest BCUT2D eigenvalue weighted by atomic mass is 19.1. The maximum absolute atomic E-state index is 13.5. The SMILES string of the molecule is CCNc1ncnc(Nc2cccc(F)c2C)c1[N+](=O)[O-]. The molecule has 0 amide bonds. The Labute approximate surface area is 120 Å². The van der Waals surface area contributed by atoms with E-state index in [-0.39, 0.29) is 17.3 Å². The lowest BCUT2D eigenvalue weighted by Gasteiger charge is -2.11. The number of aromatic nitrogens is 2. The summed E-state index contributed by atoms with van der Waals surface area (Å²) < 4.78 is 13.5.